The Balaban J connectivity index is 1.83. The van der Waals surface area contributed by atoms with Crippen LogP contribution in [-0.4, -0.2) is 16.7 Å². The first-order chi connectivity index (χ1) is 10.6. The summed E-state index contributed by atoms with van der Waals surface area (Å²) in [5, 5.41) is 0. The van der Waals surface area contributed by atoms with Crippen LogP contribution in [0.5, 0.6) is 0 Å². The minimum absolute atomic E-state index is 0.335. The van der Waals surface area contributed by atoms with Crippen molar-refractivity contribution >= 4 is 27.7 Å². The molecule has 1 heterocycles. The lowest BCUT2D eigenvalue weighted by Crippen LogP contribution is -2.33. The fourth-order valence-electron chi connectivity index (χ4n) is 3.40. The fraction of sp³-hybridized carbons (Fsp3) is 0.176. The van der Waals surface area contributed by atoms with E-state index in [9.17, 15) is 14.0 Å². The summed E-state index contributed by atoms with van der Waals surface area (Å²) in [6, 6.07) is 9.25. The topological polar surface area (TPSA) is 37.4 Å². The maximum Gasteiger partial charge on any atom is 0.262 e. The maximum absolute atomic E-state index is 14.3. The summed E-state index contributed by atoms with van der Waals surface area (Å²) < 4.78 is 15.1. The summed E-state index contributed by atoms with van der Waals surface area (Å²) in [5.74, 6) is -1.03. The second-order valence-corrected chi connectivity index (χ2v) is 6.36. The van der Waals surface area contributed by atoms with Gasteiger partial charge in [0.1, 0.15) is 5.82 Å². The van der Waals surface area contributed by atoms with Crippen LogP contribution in [0.4, 0.5) is 4.39 Å². The van der Waals surface area contributed by atoms with Crippen molar-refractivity contribution in [2.75, 3.05) is 0 Å². The van der Waals surface area contributed by atoms with Crippen LogP contribution < -0.4 is 0 Å². The van der Waals surface area contributed by atoms with Crippen LogP contribution in [0.15, 0.2) is 40.9 Å². The molecule has 0 radical (unpaired) electrons. The number of imide groups is 1. The molecule has 0 spiro atoms. The zero-order chi connectivity index (χ0) is 15.4. The number of hydrogen-bond donors (Lipinski definition) is 0. The third kappa shape index (κ3) is 1.72. The molecule has 2 aromatic rings. The number of benzene rings is 2. The lowest BCUT2D eigenvalue weighted by atomic mass is 10.1. The highest BCUT2D eigenvalue weighted by molar-refractivity contribution is 9.10. The number of carbonyl (C=O) groups excluding carboxylic acids is 2. The summed E-state index contributed by atoms with van der Waals surface area (Å²) in [7, 11) is 0. The smallest absolute Gasteiger partial charge is 0.262 e. The van der Waals surface area contributed by atoms with Gasteiger partial charge >= 0.3 is 0 Å². The van der Waals surface area contributed by atoms with Crippen molar-refractivity contribution < 1.29 is 14.0 Å². The number of fused-ring (bicyclic) bond motifs is 2. The van der Waals surface area contributed by atoms with Gasteiger partial charge in [-0.05, 0) is 42.7 Å². The molecule has 2 aromatic carbocycles. The van der Waals surface area contributed by atoms with Crippen LogP contribution in [0.1, 0.15) is 44.3 Å². The molecule has 0 N–H and O–H groups in total. The van der Waals surface area contributed by atoms with Crippen molar-refractivity contribution in [3.05, 3.63) is 68.9 Å². The zero-order valence-corrected chi connectivity index (χ0v) is 13.1. The van der Waals surface area contributed by atoms with E-state index in [0.717, 1.165) is 10.0 Å². The van der Waals surface area contributed by atoms with Crippen molar-refractivity contribution in [2.24, 2.45) is 0 Å². The molecule has 4 rings (SSSR count). The third-order valence-corrected chi connectivity index (χ3v) is 5.13. The van der Waals surface area contributed by atoms with Crippen LogP contribution in [-0.2, 0) is 6.42 Å². The predicted molar refractivity (Wildman–Crippen MR) is 82.1 cm³/mol. The summed E-state index contributed by atoms with van der Waals surface area (Å²) in [6.07, 6.45) is 1.20. The second-order valence-electron chi connectivity index (χ2n) is 5.50. The van der Waals surface area contributed by atoms with Gasteiger partial charge in [-0.2, -0.15) is 0 Å². The molecule has 1 aliphatic heterocycles. The highest BCUT2D eigenvalue weighted by Crippen LogP contribution is 2.43. The second kappa shape index (κ2) is 4.74. The van der Waals surface area contributed by atoms with Crippen LogP contribution >= 0.6 is 15.9 Å². The average Bonchev–Trinajstić information content (AvgIpc) is 3.06. The van der Waals surface area contributed by atoms with Gasteiger partial charge in [0, 0.05) is 10.0 Å². The van der Waals surface area contributed by atoms with E-state index in [1.165, 1.54) is 11.0 Å². The number of nitrogens with zero attached hydrogens (tertiary/aromatic N) is 1. The Morgan fingerprint density at radius 2 is 1.68 bits per heavy atom. The molecular weight excluding hydrogens is 349 g/mol. The van der Waals surface area contributed by atoms with Crippen LogP contribution in [0, 0.1) is 5.82 Å². The minimum Gasteiger partial charge on any atom is -0.269 e. The quantitative estimate of drug-likeness (QED) is 0.724. The Morgan fingerprint density at radius 1 is 1.05 bits per heavy atom. The van der Waals surface area contributed by atoms with Gasteiger partial charge in [0.15, 0.2) is 0 Å². The summed E-state index contributed by atoms with van der Waals surface area (Å²) in [5.41, 5.74) is 2.11. The summed E-state index contributed by atoms with van der Waals surface area (Å²) in [6.45, 7) is 0. The molecule has 5 heteroatoms. The van der Waals surface area contributed by atoms with E-state index in [2.05, 4.69) is 15.9 Å². The van der Waals surface area contributed by atoms with Crippen LogP contribution in [0.2, 0.25) is 0 Å². The Hall–Kier alpha value is -2.01. The maximum atomic E-state index is 14.3. The lowest BCUT2D eigenvalue weighted by Gasteiger charge is -2.23. The molecule has 3 nitrogen and oxygen atoms in total. The largest absolute Gasteiger partial charge is 0.269 e. The molecule has 0 aromatic heterocycles. The zero-order valence-electron chi connectivity index (χ0n) is 11.5. The van der Waals surface area contributed by atoms with E-state index in [1.807, 2.05) is 0 Å². The van der Waals surface area contributed by atoms with Crippen molar-refractivity contribution in [1.29, 1.82) is 0 Å². The van der Waals surface area contributed by atoms with E-state index in [0.29, 0.717) is 29.5 Å². The van der Waals surface area contributed by atoms with Gasteiger partial charge in [0.25, 0.3) is 11.8 Å². The van der Waals surface area contributed by atoms with Crippen molar-refractivity contribution in [3.8, 4) is 0 Å². The van der Waals surface area contributed by atoms with Gasteiger partial charge in [-0.25, -0.2) is 4.39 Å². The normalized spacial score (nSPS) is 19.5. The standard InChI is InChI=1S/C17H11BrFNO2/c18-12-6-7-13(19)15-11(12)5-8-14(15)20-16(21)9-3-1-2-4-10(9)17(20)22/h1-4,6-7,14H,5,8H2/t14-/m1/s1. The molecule has 0 fully saturated rings. The van der Waals surface area contributed by atoms with Gasteiger partial charge in [0.05, 0.1) is 17.2 Å². The number of carbonyl (C=O) groups is 2. The first-order valence-electron chi connectivity index (χ1n) is 7.03. The van der Waals surface area contributed by atoms with Crippen LogP contribution in [0.25, 0.3) is 0 Å². The number of hydrogen-bond acceptors (Lipinski definition) is 2. The Labute approximate surface area is 134 Å². The highest BCUT2D eigenvalue weighted by Gasteiger charge is 2.43. The monoisotopic (exact) mass is 359 g/mol. The molecule has 1 aliphatic carbocycles. The third-order valence-electron chi connectivity index (χ3n) is 4.38. The average molecular weight is 360 g/mol. The molecule has 0 unspecified atom stereocenters. The molecular formula is C17H11BrFNO2. The van der Waals surface area contributed by atoms with Gasteiger partial charge in [-0.15, -0.1) is 0 Å². The van der Waals surface area contributed by atoms with Gasteiger partial charge in [0.2, 0.25) is 0 Å². The van der Waals surface area contributed by atoms with Crippen molar-refractivity contribution in [2.45, 2.75) is 18.9 Å². The first kappa shape index (κ1) is 13.6. The molecule has 2 amide bonds. The van der Waals surface area contributed by atoms with E-state index in [4.69, 9.17) is 0 Å². The van der Waals surface area contributed by atoms with E-state index >= 15 is 0 Å². The van der Waals surface area contributed by atoms with Gasteiger partial charge < -0.3 is 0 Å². The summed E-state index contributed by atoms with van der Waals surface area (Å²) >= 11 is 3.42. The van der Waals surface area contributed by atoms with E-state index < -0.39 is 6.04 Å². The summed E-state index contributed by atoms with van der Waals surface area (Å²) in [4.78, 5) is 26.4. The van der Waals surface area contributed by atoms with Crippen molar-refractivity contribution in [3.63, 3.8) is 0 Å². The fourth-order valence-corrected chi connectivity index (χ4v) is 3.94. The van der Waals surface area contributed by atoms with Crippen LogP contribution in [0.3, 0.4) is 0 Å². The molecule has 0 saturated carbocycles. The van der Waals surface area contributed by atoms with E-state index in [1.54, 1.807) is 30.3 Å². The van der Waals surface area contributed by atoms with Gasteiger partial charge in [-0.3, -0.25) is 14.5 Å². The molecule has 1 atom stereocenters. The Kier molecular flexibility index (Phi) is 2.94. The number of amides is 2. The van der Waals surface area contributed by atoms with E-state index in [-0.39, 0.29) is 17.6 Å². The number of halogens is 2. The first-order valence-corrected chi connectivity index (χ1v) is 7.82. The number of rotatable bonds is 1. The minimum atomic E-state index is -0.528. The SMILES string of the molecule is O=C1c2ccccc2C(=O)N1[C@@H]1CCc2c(Br)ccc(F)c21. The lowest BCUT2D eigenvalue weighted by molar-refractivity contribution is 0.0580. The highest BCUT2D eigenvalue weighted by atomic mass is 79.9. The molecule has 0 saturated heterocycles. The molecule has 2 aliphatic rings. The molecule has 22 heavy (non-hydrogen) atoms. The van der Waals surface area contributed by atoms with Gasteiger partial charge in [-0.1, -0.05) is 28.1 Å². The Bertz CT molecular complexity index is 798. The van der Waals surface area contributed by atoms with Crippen molar-refractivity contribution in [1.82, 2.24) is 4.90 Å². The molecule has 110 valence electrons. The molecule has 0 bridgehead atoms. The Morgan fingerprint density at radius 3 is 2.32 bits per heavy atom. The predicted octanol–water partition coefficient (Wildman–Crippen LogP) is 3.87.